The van der Waals surface area contributed by atoms with Crippen LogP contribution in [-0.2, 0) is 4.74 Å². The molecule has 11 nitrogen and oxygen atoms in total. The highest BCUT2D eigenvalue weighted by Crippen LogP contribution is 2.28. The molecule has 4 rings (SSSR count). The molecule has 1 aromatic heterocycles. The minimum atomic E-state index is -0.916. The molecule has 3 N–H and O–H groups in total. The number of carbonyl (C=O) groups excluding carboxylic acids is 2. The standard InChI is InChI=1S/C20H20N6O5/c21-20(28)24(23-19(27)13-4-3-5-16(10-13)26(29)30)15-7-8-17-14(11-15)12-22-25(17)18-6-1-2-9-31-18/h3-5,7-8,10-12,18H,1-2,6,9H2,(H2,21,28)(H,23,27). The van der Waals surface area contributed by atoms with E-state index >= 15 is 0 Å². The van der Waals surface area contributed by atoms with Crippen molar-refractivity contribution in [1.82, 2.24) is 15.2 Å². The highest BCUT2D eigenvalue weighted by atomic mass is 16.6. The van der Waals surface area contributed by atoms with E-state index in [4.69, 9.17) is 10.5 Å². The Kier molecular flexibility index (Phi) is 5.50. The molecule has 3 aromatic rings. The van der Waals surface area contributed by atoms with Crippen LogP contribution in [0.25, 0.3) is 10.9 Å². The molecule has 1 fully saturated rings. The highest BCUT2D eigenvalue weighted by Gasteiger charge is 2.21. The van der Waals surface area contributed by atoms with Gasteiger partial charge in [0.1, 0.15) is 0 Å². The van der Waals surface area contributed by atoms with Gasteiger partial charge in [-0.25, -0.2) is 14.5 Å². The number of carbonyl (C=O) groups is 2. The lowest BCUT2D eigenvalue weighted by Crippen LogP contribution is -2.49. The van der Waals surface area contributed by atoms with Crippen LogP contribution in [0.4, 0.5) is 16.2 Å². The molecule has 0 saturated carbocycles. The molecule has 11 heteroatoms. The maximum Gasteiger partial charge on any atom is 0.338 e. The molecule has 1 aliphatic rings. The lowest BCUT2D eigenvalue weighted by Gasteiger charge is -2.24. The maximum absolute atomic E-state index is 12.6. The van der Waals surface area contributed by atoms with Crippen molar-refractivity contribution < 1.29 is 19.2 Å². The first-order valence-electron chi connectivity index (χ1n) is 9.68. The third-order valence-electron chi connectivity index (χ3n) is 5.02. The van der Waals surface area contributed by atoms with Gasteiger partial charge < -0.3 is 10.5 Å². The predicted molar refractivity (Wildman–Crippen MR) is 111 cm³/mol. The van der Waals surface area contributed by atoms with Gasteiger partial charge >= 0.3 is 6.03 Å². The molecular formula is C20H20N6O5. The normalized spacial score (nSPS) is 16.1. The summed E-state index contributed by atoms with van der Waals surface area (Å²) < 4.78 is 7.59. The number of nitrogens with zero attached hydrogens (tertiary/aromatic N) is 4. The number of nitro benzene ring substituents is 1. The first-order valence-corrected chi connectivity index (χ1v) is 9.68. The molecule has 2 aromatic carbocycles. The number of fused-ring (bicyclic) bond motifs is 1. The van der Waals surface area contributed by atoms with Crippen LogP contribution in [0, 0.1) is 10.1 Å². The Balaban J connectivity index is 1.59. The van der Waals surface area contributed by atoms with Gasteiger partial charge in [-0.3, -0.25) is 20.3 Å². The molecule has 1 atom stereocenters. The Labute approximate surface area is 176 Å². The third-order valence-corrected chi connectivity index (χ3v) is 5.02. The van der Waals surface area contributed by atoms with Gasteiger partial charge in [-0.05, 0) is 43.5 Å². The Hall–Kier alpha value is -3.99. The Morgan fingerprint density at radius 2 is 2.10 bits per heavy atom. The van der Waals surface area contributed by atoms with Crippen molar-refractivity contribution in [3.63, 3.8) is 0 Å². The second kappa shape index (κ2) is 8.40. The average molecular weight is 424 g/mol. The molecule has 0 radical (unpaired) electrons. The van der Waals surface area contributed by atoms with Crippen molar-refractivity contribution in [1.29, 1.82) is 0 Å². The molecule has 1 saturated heterocycles. The molecule has 0 spiro atoms. The van der Waals surface area contributed by atoms with Crippen molar-refractivity contribution in [2.24, 2.45) is 5.73 Å². The summed E-state index contributed by atoms with van der Waals surface area (Å²) >= 11 is 0. The van der Waals surface area contributed by atoms with E-state index in [9.17, 15) is 19.7 Å². The van der Waals surface area contributed by atoms with Crippen LogP contribution in [0.2, 0.25) is 0 Å². The number of non-ortho nitro benzene ring substituents is 1. The summed E-state index contributed by atoms with van der Waals surface area (Å²) in [7, 11) is 0. The van der Waals surface area contributed by atoms with E-state index in [0.717, 1.165) is 41.2 Å². The molecule has 2 heterocycles. The van der Waals surface area contributed by atoms with Crippen molar-refractivity contribution in [3.8, 4) is 0 Å². The number of rotatable bonds is 4. The zero-order valence-corrected chi connectivity index (χ0v) is 16.4. The van der Waals surface area contributed by atoms with Crippen LogP contribution < -0.4 is 16.2 Å². The Morgan fingerprint density at radius 1 is 1.26 bits per heavy atom. The number of ether oxygens (including phenoxy) is 1. The van der Waals surface area contributed by atoms with E-state index in [1.165, 1.54) is 18.2 Å². The van der Waals surface area contributed by atoms with Gasteiger partial charge in [0.2, 0.25) is 0 Å². The topological polar surface area (TPSA) is 146 Å². The Bertz CT molecular complexity index is 1150. The van der Waals surface area contributed by atoms with Crippen molar-refractivity contribution in [3.05, 3.63) is 64.3 Å². The number of benzene rings is 2. The minimum absolute atomic E-state index is 0.0174. The average Bonchev–Trinajstić information content (AvgIpc) is 3.21. The van der Waals surface area contributed by atoms with Crippen LogP contribution in [0.1, 0.15) is 35.8 Å². The van der Waals surface area contributed by atoms with E-state index in [0.29, 0.717) is 12.3 Å². The van der Waals surface area contributed by atoms with Gasteiger partial charge in [-0.15, -0.1) is 0 Å². The maximum atomic E-state index is 12.6. The summed E-state index contributed by atoms with van der Waals surface area (Å²) in [5.41, 5.74) is 8.78. The third kappa shape index (κ3) is 4.16. The fourth-order valence-electron chi connectivity index (χ4n) is 3.50. The molecular weight excluding hydrogens is 404 g/mol. The van der Waals surface area contributed by atoms with Crippen LogP contribution >= 0.6 is 0 Å². The van der Waals surface area contributed by atoms with E-state index in [2.05, 4.69) is 10.5 Å². The lowest BCUT2D eigenvalue weighted by molar-refractivity contribution is -0.384. The van der Waals surface area contributed by atoms with Gasteiger partial charge in [-0.2, -0.15) is 5.10 Å². The lowest BCUT2D eigenvalue weighted by atomic mass is 10.2. The first kappa shape index (κ1) is 20.3. The second-order valence-corrected chi connectivity index (χ2v) is 7.08. The van der Waals surface area contributed by atoms with Crippen LogP contribution in [-0.4, -0.2) is 33.2 Å². The van der Waals surface area contributed by atoms with Crippen LogP contribution in [0.3, 0.4) is 0 Å². The largest absolute Gasteiger partial charge is 0.356 e. The SMILES string of the molecule is NC(=O)N(NC(=O)c1cccc([N+](=O)[O-])c1)c1ccc2c(cnn2C2CCCCO2)c1. The summed E-state index contributed by atoms with van der Waals surface area (Å²) in [6.45, 7) is 0.684. The number of nitrogens with two attached hydrogens (primary N) is 1. The summed E-state index contributed by atoms with van der Waals surface area (Å²) in [6, 6.07) is 9.32. The van der Waals surface area contributed by atoms with Crippen molar-refractivity contribution in [2.45, 2.75) is 25.5 Å². The quantitative estimate of drug-likeness (QED) is 0.486. The van der Waals surface area contributed by atoms with Gasteiger partial charge in [0.05, 0.1) is 22.3 Å². The second-order valence-electron chi connectivity index (χ2n) is 7.08. The van der Waals surface area contributed by atoms with Crippen LogP contribution in [0.5, 0.6) is 0 Å². The molecule has 160 valence electrons. The minimum Gasteiger partial charge on any atom is -0.356 e. The zero-order chi connectivity index (χ0) is 22.0. The van der Waals surface area contributed by atoms with E-state index in [1.807, 2.05) is 0 Å². The molecule has 0 aliphatic carbocycles. The number of amides is 3. The number of aromatic nitrogens is 2. The van der Waals surface area contributed by atoms with Crippen molar-refractivity contribution >= 4 is 34.2 Å². The van der Waals surface area contributed by atoms with E-state index in [1.54, 1.807) is 29.1 Å². The highest BCUT2D eigenvalue weighted by molar-refractivity contribution is 6.01. The molecule has 1 unspecified atom stereocenters. The Morgan fingerprint density at radius 3 is 2.81 bits per heavy atom. The zero-order valence-electron chi connectivity index (χ0n) is 16.4. The molecule has 3 amide bonds. The van der Waals surface area contributed by atoms with Crippen molar-refractivity contribution in [2.75, 3.05) is 11.6 Å². The van der Waals surface area contributed by atoms with Gasteiger partial charge in [-0.1, -0.05) is 6.07 Å². The summed E-state index contributed by atoms with van der Waals surface area (Å²) in [5, 5.41) is 17.0. The molecule has 31 heavy (non-hydrogen) atoms. The number of hydrazine groups is 1. The van der Waals surface area contributed by atoms with Gasteiger partial charge in [0, 0.05) is 29.7 Å². The molecule has 0 bridgehead atoms. The monoisotopic (exact) mass is 424 g/mol. The smallest absolute Gasteiger partial charge is 0.338 e. The van der Waals surface area contributed by atoms with Gasteiger partial charge in [0.15, 0.2) is 6.23 Å². The number of nitro groups is 1. The number of nitrogens with one attached hydrogen (secondary N) is 1. The fraction of sp³-hybridized carbons (Fsp3) is 0.250. The van der Waals surface area contributed by atoms with Crippen LogP contribution in [0.15, 0.2) is 48.7 Å². The summed E-state index contributed by atoms with van der Waals surface area (Å²) in [5.74, 6) is -0.714. The number of urea groups is 1. The summed E-state index contributed by atoms with van der Waals surface area (Å²) in [4.78, 5) is 34.9. The number of anilines is 1. The number of hydrogen-bond acceptors (Lipinski definition) is 6. The molecule has 1 aliphatic heterocycles. The fourth-order valence-corrected chi connectivity index (χ4v) is 3.50. The number of primary amides is 1. The summed E-state index contributed by atoms with van der Waals surface area (Å²) in [6.07, 6.45) is 4.46. The predicted octanol–water partition coefficient (Wildman–Crippen LogP) is 2.87. The van der Waals surface area contributed by atoms with Gasteiger partial charge in [0.25, 0.3) is 11.6 Å². The number of hydrogen-bond donors (Lipinski definition) is 2. The first-order chi connectivity index (χ1) is 14.9. The van der Waals surface area contributed by atoms with E-state index in [-0.39, 0.29) is 17.5 Å². The van der Waals surface area contributed by atoms with E-state index < -0.39 is 16.9 Å².